The van der Waals surface area contributed by atoms with Crippen LogP contribution < -0.4 is 4.46 Å². The summed E-state index contributed by atoms with van der Waals surface area (Å²) in [4.78, 5) is 0. The molecule has 0 aliphatic carbocycles. The molecule has 0 aromatic heterocycles. The van der Waals surface area contributed by atoms with Gasteiger partial charge in [-0.2, -0.15) is 0 Å². The molecule has 0 saturated heterocycles. The van der Waals surface area contributed by atoms with E-state index in [-0.39, 0.29) is 0 Å². The summed E-state index contributed by atoms with van der Waals surface area (Å²) in [5, 5.41) is 1.07. The molecular formula is C15H12Se. The number of hydrogen-bond donors (Lipinski definition) is 0. The molecule has 0 heterocycles. The van der Waals surface area contributed by atoms with Crippen LogP contribution in [-0.2, 0) is 5.32 Å². The van der Waals surface area contributed by atoms with Gasteiger partial charge in [0.15, 0.2) is 0 Å². The molecule has 0 atom stereocenters. The molecule has 0 radical (unpaired) electrons. The number of benzene rings is 2. The van der Waals surface area contributed by atoms with Gasteiger partial charge in [0.25, 0.3) is 0 Å². The molecule has 0 saturated carbocycles. The molecule has 2 aromatic rings. The molecule has 78 valence electrons. The van der Waals surface area contributed by atoms with Gasteiger partial charge < -0.3 is 0 Å². The predicted molar refractivity (Wildman–Crippen MR) is 69.9 cm³/mol. The number of hydrogen-bond acceptors (Lipinski definition) is 0. The molecule has 0 aliphatic heterocycles. The van der Waals surface area contributed by atoms with E-state index in [4.69, 9.17) is 6.42 Å². The molecule has 0 bridgehead atoms. The second kappa shape index (κ2) is 5.56. The molecule has 2 rings (SSSR count). The second-order valence-corrected chi connectivity index (χ2v) is 5.60. The Morgan fingerprint density at radius 3 is 2.38 bits per heavy atom. The minimum atomic E-state index is 0.466. The summed E-state index contributed by atoms with van der Waals surface area (Å²) in [5.41, 5.74) is 2.31. The predicted octanol–water partition coefficient (Wildman–Crippen LogP) is 2.20. The monoisotopic (exact) mass is 272 g/mol. The third-order valence-electron chi connectivity index (χ3n) is 2.31. The second-order valence-electron chi connectivity index (χ2n) is 3.40. The first-order valence-corrected chi connectivity index (χ1v) is 7.19. The summed E-state index contributed by atoms with van der Waals surface area (Å²) in [6.07, 6.45) is 5.48. The van der Waals surface area contributed by atoms with E-state index in [0.717, 1.165) is 10.9 Å². The van der Waals surface area contributed by atoms with Crippen LogP contribution in [0.4, 0.5) is 0 Å². The molecular weight excluding hydrogens is 259 g/mol. The quantitative estimate of drug-likeness (QED) is 0.593. The third-order valence-corrected chi connectivity index (χ3v) is 4.54. The standard InChI is InChI=1S/C15H12Se/c1-2-13-8-6-7-9-14(13)12-16-15-10-4-3-5-11-15/h1,3-11H,12H2. The molecule has 1 heteroatoms. The maximum atomic E-state index is 5.48. The van der Waals surface area contributed by atoms with Crippen molar-refractivity contribution in [1.82, 2.24) is 0 Å². The van der Waals surface area contributed by atoms with Gasteiger partial charge >= 0.3 is 103 Å². The summed E-state index contributed by atoms with van der Waals surface area (Å²) in [6.45, 7) is 0. The fourth-order valence-corrected chi connectivity index (χ4v) is 3.40. The van der Waals surface area contributed by atoms with E-state index in [2.05, 4.69) is 48.4 Å². The first-order valence-electron chi connectivity index (χ1n) is 5.12. The van der Waals surface area contributed by atoms with E-state index in [9.17, 15) is 0 Å². The van der Waals surface area contributed by atoms with E-state index < -0.39 is 0 Å². The van der Waals surface area contributed by atoms with Crippen molar-refractivity contribution in [2.24, 2.45) is 0 Å². The van der Waals surface area contributed by atoms with Crippen molar-refractivity contribution in [3.63, 3.8) is 0 Å². The zero-order valence-electron chi connectivity index (χ0n) is 8.89. The van der Waals surface area contributed by atoms with Crippen LogP contribution in [0, 0.1) is 12.3 Å². The molecule has 0 fully saturated rings. The average Bonchev–Trinajstić information content (AvgIpc) is 2.38. The van der Waals surface area contributed by atoms with Gasteiger partial charge in [0.05, 0.1) is 0 Å². The van der Waals surface area contributed by atoms with Crippen LogP contribution in [0.3, 0.4) is 0 Å². The summed E-state index contributed by atoms with van der Waals surface area (Å²) >= 11 is 0.466. The zero-order chi connectivity index (χ0) is 11.2. The van der Waals surface area contributed by atoms with E-state index in [1.807, 2.05) is 12.1 Å². The fourth-order valence-electron chi connectivity index (χ4n) is 1.46. The Hall–Kier alpha value is -1.48. The van der Waals surface area contributed by atoms with Crippen LogP contribution in [0.2, 0.25) is 0 Å². The third kappa shape index (κ3) is 2.76. The van der Waals surface area contributed by atoms with Gasteiger partial charge in [0.2, 0.25) is 0 Å². The van der Waals surface area contributed by atoms with Gasteiger partial charge in [0, 0.05) is 0 Å². The first-order chi connectivity index (χ1) is 7.90. The molecule has 2 aromatic carbocycles. The molecule has 0 aliphatic rings. The molecule has 16 heavy (non-hydrogen) atoms. The topological polar surface area (TPSA) is 0 Å². The SMILES string of the molecule is C#Cc1ccccc1C[Se]c1ccccc1. The van der Waals surface area contributed by atoms with Crippen LogP contribution >= 0.6 is 0 Å². The van der Waals surface area contributed by atoms with Crippen LogP contribution in [0.1, 0.15) is 11.1 Å². The van der Waals surface area contributed by atoms with Crippen molar-refractivity contribution in [2.45, 2.75) is 5.32 Å². The number of rotatable bonds is 3. The molecule has 0 unspecified atom stereocenters. The summed E-state index contributed by atoms with van der Waals surface area (Å²) in [6, 6.07) is 18.8. The van der Waals surface area contributed by atoms with E-state index in [1.165, 1.54) is 10.0 Å². The number of terminal acetylenes is 1. The van der Waals surface area contributed by atoms with Crippen molar-refractivity contribution >= 4 is 19.4 Å². The van der Waals surface area contributed by atoms with Crippen molar-refractivity contribution in [1.29, 1.82) is 0 Å². The van der Waals surface area contributed by atoms with E-state index in [0.29, 0.717) is 15.0 Å². The van der Waals surface area contributed by atoms with Gasteiger partial charge in [-0.1, -0.05) is 0 Å². The molecule has 0 nitrogen and oxygen atoms in total. The summed E-state index contributed by atoms with van der Waals surface area (Å²) < 4.78 is 1.42. The average molecular weight is 271 g/mol. The minimum absolute atomic E-state index is 0.466. The first kappa shape index (κ1) is 11.0. The maximum absolute atomic E-state index is 5.48. The Morgan fingerprint density at radius 1 is 0.938 bits per heavy atom. The molecule has 0 amide bonds. The normalized spacial score (nSPS) is 9.69. The van der Waals surface area contributed by atoms with E-state index in [1.54, 1.807) is 0 Å². The van der Waals surface area contributed by atoms with Crippen molar-refractivity contribution < 1.29 is 0 Å². The molecule has 0 spiro atoms. The summed E-state index contributed by atoms with van der Waals surface area (Å²) in [7, 11) is 0. The van der Waals surface area contributed by atoms with Gasteiger partial charge in [-0.25, -0.2) is 0 Å². The van der Waals surface area contributed by atoms with Crippen LogP contribution in [0.5, 0.6) is 0 Å². The molecule has 0 N–H and O–H groups in total. The summed E-state index contributed by atoms with van der Waals surface area (Å²) in [5.74, 6) is 2.74. The van der Waals surface area contributed by atoms with Crippen LogP contribution in [0.15, 0.2) is 54.6 Å². The van der Waals surface area contributed by atoms with Crippen molar-refractivity contribution in [2.75, 3.05) is 0 Å². The Morgan fingerprint density at radius 2 is 1.62 bits per heavy atom. The zero-order valence-corrected chi connectivity index (χ0v) is 10.6. The van der Waals surface area contributed by atoms with E-state index >= 15 is 0 Å². The Balaban J connectivity index is 2.09. The Labute approximate surface area is 103 Å². The Kier molecular flexibility index (Phi) is 3.83. The van der Waals surface area contributed by atoms with Gasteiger partial charge in [-0.3, -0.25) is 0 Å². The van der Waals surface area contributed by atoms with Gasteiger partial charge in [-0.05, 0) is 0 Å². The van der Waals surface area contributed by atoms with Crippen LogP contribution in [0.25, 0.3) is 0 Å². The van der Waals surface area contributed by atoms with Crippen molar-refractivity contribution in [3.8, 4) is 12.3 Å². The van der Waals surface area contributed by atoms with Gasteiger partial charge in [0.1, 0.15) is 0 Å². The van der Waals surface area contributed by atoms with Crippen LogP contribution in [-0.4, -0.2) is 15.0 Å². The fraction of sp³-hybridized carbons (Fsp3) is 0.0667. The Bertz CT molecular complexity index is 494. The van der Waals surface area contributed by atoms with Crippen molar-refractivity contribution in [3.05, 3.63) is 65.7 Å². The van der Waals surface area contributed by atoms with Gasteiger partial charge in [-0.15, -0.1) is 0 Å².